The predicted octanol–water partition coefficient (Wildman–Crippen LogP) is 2.64. The lowest BCUT2D eigenvalue weighted by Crippen LogP contribution is -2.25. The Kier molecular flexibility index (Phi) is 4.56. The molecule has 8 heteroatoms. The molecule has 0 bridgehead atoms. The summed E-state index contributed by atoms with van der Waals surface area (Å²) in [5.74, 6) is -1.39. The average molecular weight is 340 g/mol. The summed E-state index contributed by atoms with van der Waals surface area (Å²) in [5, 5.41) is 0.874. The van der Waals surface area contributed by atoms with Crippen molar-refractivity contribution in [2.45, 2.75) is 13.0 Å². The molecule has 20 heavy (non-hydrogen) atoms. The second-order valence-corrected chi connectivity index (χ2v) is 6.98. The van der Waals surface area contributed by atoms with Gasteiger partial charge in [-0.2, -0.15) is 8.42 Å². The Bertz CT molecular complexity index is 615. The summed E-state index contributed by atoms with van der Waals surface area (Å²) in [5.41, 5.74) is 0.605. The third-order valence-corrected chi connectivity index (χ3v) is 4.72. The number of halogens is 3. The third kappa shape index (κ3) is 3.84. The van der Waals surface area contributed by atoms with E-state index in [4.69, 9.17) is 23.2 Å². The summed E-state index contributed by atoms with van der Waals surface area (Å²) >= 11 is 12.0. The molecule has 0 aromatic heterocycles. The van der Waals surface area contributed by atoms with Crippen LogP contribution in [0.3, 0.4) is 0 Å². The highest BCUT2D eigenvalue weighted by Crippen LogP contribution is 2.29. The second kappa shape index (κ2) is 5.87. The number of carbonyl (C=O) groups excluding carboxylic acids is 1. The van der Waals surface area contributed by atoms with Crippen LogP contribution in [0.15, 0.2) is 18.2 Å². The minimum atomic E-state index is -4.57. The Hall–Kier alpha value is -0.850. The zero-order valence-electron chi connectivity index (χ0n) is 10.4. The van der Waals surface area contributed by atoms with Crippen LogP contribution in [-0.4, -0.2) is 31.5 Å². The number of amides is 1. The van der Waals surface area contributed by atoms with Gasteiger partial charge in [-0.05, 0) is 12.1 Å². The monoisotopic (exact) mass is 339 g/mol. The Morgan fingerprint density at radius 3 is 2.45 bits per heavy atom. The fraction of sp³-hybridized carbons (Fsp3) is 0.417. The number of rotatable bonds is 4. The van der Waals surface area contributed by atoms with Crippen LogP contribution in [0.25, 0.3) is 0 Å². The molecule has 1 aromatic carbocycles. The van der Waals surface area contributed by atoms with Crippen molar-refractivity contribution in [2.24, 2.45) is 5.92 Å². The van der Waals surface area contributed by atoms with Gasteiger partial charge in [-0.15, -0.1) is 3.89 Å². The van der Waals surface area contributed by atoms with Gasteiger partial charge < -0.3 is 4.90 Å². The predicted molar refractivity (Wildman–Crippen MR) is 74.9 cm³/mol. The number of hydrogen-bond donors (Lipinski definition) is 0. The van der Waals surface area contributed by atoms with Gasteiger partial charge >= 0.3 is 10.2 Å². The highest BCUT2D eigenvalue weighted by Gasteiger charge is 2.33. The Balaban J connectivity index is 2.10. The van der Waals surface area contributed by atoms with Crippen molar-refractivity contribution >= 4 is 39.3 Å². The quantitative estimate of drug-likeness (QED) is 0.792. The molecule has 1 fully saturated rings. The van der Waals surface area contributed by atoms with Crippen LogP contribution < -0.4 is 0 Å². The molecule has 110 valence electrons. The molecule has 1 aliphatic heterocycles. The summed E-state index contributed by atoms with van der Waals surface area (Å²) < 4.78 is 33.9. The Morgan fingerprint density at radius 2 is 1.90 bits per heavy atom. The normalized spacial score (nSPS) is 19.6. The van der Waals surface area contributed by atoms with Crippen molar-refractivity contribution < 1.29 is 17.1 Å². The Labute approximate surface area is 126 Å². The fourth-order valence-electron chi connectivity index (χ4n) is 2.27. The largest absolute Gasteiger partial charge is 0.338 e. The molecule has 4 nitrogen and oxygen atoms in total. The van der Waals surface area contributed by atoms with E-state index < -0.39 is 21.9 Å². The molecule has 2 rings (SSSR count). The standard InChI is InChI=1S/C12H12Cl2FNO3S/c13-10-2-1-3-11(14)9(10)6-16-5-8(4-12(16)17)7-20(15,18)19/h1-3,8H,4-7H2. The minimum Gasteiger partial charge on any atom is -0.338 e. The molecular formula is C12H12Cl2FNO3S. The van der Waals surface area contributed by atoms with Crippen molar-refractivity contribution in [3.63, 3.8) is 0 Å². The second-order valence-electron chi connectivity index (χ2n) is 4.75. The molecule has 0 saturated carbocycles. The van der Waals surface area contributed by atoms with Crippen LogP contribution in [0.4, 0.5) is 3.89 Å². The van der Waals surface area contributed by atoms with E-state index >= 15 is 0 Å². The maximum Gasteiger partial charge on any atom is 0.302 e. The summed E-state index contributed by atoms with van der Waals surface area (Å²) in [6.45, 7) is 0.379. The lowest BCUT2D eigenvalue weighted by molar-refractivity contribution is -0.128. The topological polar surface area (TPSA) is 54.5 Å². The van der Waals surface area contributed by atoms with Crippen LogP contribution in [-0.2, 0) is 21.6 Å². The van der Waals surface area contributed by atoms with Crippen LogP contribution in [0.1, 0.15) is 12.0 Å². The van der Waals surface area contributed by atoms with E-state index in [1.807, 2.05) is 0 Å². The van der Waals surface area contributed by atoms with Crippen LogP contribution in [0.2, 0.25) is 10.0 Å². The van der Waals surface area contributed by atoms with Gasteiger partial charge in [0.15, 0.2) is 0 Å². The van der Waals surface area contributed by atoms with E-state index in [1.165, 1.54) is 4.90 Å². The van der Waals surface area contributed by atoms with Gasteiger partial charge in [-0.1, -0.05) is 29.3 Å². The zero-order chi connectivity index (χ0) is 14.9. The summed E-state index contributed by atoms with van der Waals surface area (Å²) in [6.07, 6.45) is 0.0191. The molecule has 1 saturated heterocycles. The highest BCUT2D eigenvalue weighted by atomic mass is 35.5. The number of likely N-dealkylation sites (tertiary alicyclic amines) is 1. The highest BCUT2D eigenvalue weighted by molar-refractivity contribution is 7.86. The maximum atomic E-state index is 12.7. The third-order valence-electron chi connectivity index (χ3n) is 3.14. The lowest BCUT2D eigenvalue weighted by Gasteiger charge is -2.18. The average Bonchev–Trinajstić information content (AvgIpc) is 2.62. The number of nitrogens with zero attached hydrogens (tertiary/aromatic N) is 1. The lowest BCUT2D eigenvalue weighted by atomic mass is 10.1. The van der Waals surface area contributed by atoms with Gasteiger partial charge in [0.2, 0.25) is 5.91 Å². The van der Waals surface area contributed by atoms with Gasteiger partial charge in [0.05, 0.1) is 5.75 Å². The van der Waals surface area contributed by atoms with Crippen molar-refractivity contribution in [2.75, 3.05) is 12.3 Å². The Morgan fingerprint density at radius 1 is 1.30 bits per heavy atom. The van der Waals surface area contributed by atoms with Gasteiger partial charge in [-0.3, -0.25) is 4.79 Å². The summed E-state index contributed by atoms with van der Waals surface area (Å²) in [6, 6.07) is 5.01. The first-order chi connectivity index (χ1) is 9.26. The molecule has 0 radical (unpaired) electrons. The smallest absolute Gasteiger partial charge is 0.302 e. The van der Waals surface area contributed by atoms with E-state index in [0.29, 0.717) is 15.6 Å². The molecule has 0 spiro atoms. The van der Waals surface area contributed by atoms with Crippen molar-refractivity contribution in [3.8, 4) is 0 Å². The molecule has 1 unspecified atom stereocenters. The van der Waals surface area contributed by atoms with E-state index in [1.54, 1.807) is 18.2 Å². The van der Waals surface area contributed by atoms with Crippen molar-refractivity contribution in [3.05, 3.63) is 33.8 Å². The van der Waals surface area contributed by atoms with E-state index in [2.05, 4.69) is 0 Å². The van der Waals surface area contributed by atoms with Crippen molar-refractivity contribution in [1.29, 1.82) is 0 Å². The van der Waals surface area contributed by atoms with Gasteiger partial charge in [-0.25, -0.2) is 0 Å². The van der Waals surface area contributed by atoms with Crippen LogP contribution >= 0.6 is 23.2 Å². The van der Waals surface area contributed by atoms with Crippen LogP contribution in [0.5, 0.6) is 0 Å². The maximum absolute atomic E-state index is 12.7. The first-order valence-corrected chi connectivity index (χ1v) is 8.20. The molecule has 1 aromatic rings. The summed E-state index contributed by atoms with van der Waals surface area (Å²) in [7, 11) is -4.57. The minimum absolute atomic E-state index is 0.0191. The number of benzene rings is 1. The van der Waals surface area contributed by atoms with Crippen molar-refractivity contribution in [1.82, 2.24) is 4.90 Å². The molecular weight excluding hydrogens is 328 g/mol. The van der Waals surface area contributed by atoms with E-state index in [-0.39, 0.29) is 25.4 Å². The summed E-state index contributed by atoms with van der Waals surface area (Å²) in [4.78, 5) is 13.3. The molecule has 1 amide bonds. The van der Waals surface area contributed by atoms with Crippen LogP contribution in [0, 0.1) is 5.92 Å². The van der Waals surface area contributed by atoms with E-state index in [9.17, 15) is 17.1 Å². The van der Waals surface area contributed by atoms with E-state index in [0.717, 1.165) is 0 Å². The van der Waals surface area contributed by atoms with Gasteiger partial charge in [0.25, 0.3) is 0 Å². The molecule has 1 heterocycles. The zero-order valence-corrected chi connectivity index (χ0v) is 12.7. The molecule has 0 N–H and O–H groups in total. The van der Waals surface area contributed by atoms with Gasteiger partial charge in [0, 0.05) is 41.0 Å². The first kappa shape index (κ1) is 15.5. The molecule has 1 aliphatic rings. The fourth-order valence-corrected chi connectivity index (χ4v) is 3.58. The number of hydrogen-bond acceptors (Lipinski definition) is 3. The number of carbonyl (C=O) groups is 1. The molecule has 0 aliphatic carbocycles. The SMILES string of the molecule is O=C1CC(CS(=O)(=O)F)CN1Cc1c(Cl)cccc1Cl. The first-order valence-electron chi connectivity index (χ1n) is 5.89. The molecule has 1 atom stereocenters. The van der Waals surface area contributed by atoms with Gasteiger partial charge in [0.1, 0.15) is 0 Å².